The summed E-state index contributed by atoms with van der Waals surface area (Å²) in [7, 11) is 2.11. The van der Waals surface area contributed by atoms with Crippen LogP contribution in [0.4, 0.5) is 10.1 Å². The second kappa shape index (κ2) is 16.7. The first-order chi connectivity index (χ1) is 17.5. The van der Waals surface area contributed by atoms with E-state index >= 15 is 0 Å². The van der Waals surface area contributed by atoms with Crippen molar-refractivity contribution in [3.05, 3.63) is 53.9 Å². The lowest BCUT2D eigenvalue weighted by molar-refractivity contribution is -0.119. The van der Waals surface area contributed by atoms with Gasteiger partial charge in [-0.15, -0.1) is 0 Å². The number of aliphatic imine (C=N–C) groups is 1. The number of allylic oxidation sites excluding steroid dienone is 2. The number of piperidine rings is 1. The number of hydrogen-bond acceptors (Lipinski definition) is 5. The van der Waals surface area contributed by atoms with E-state index in [2.05, 4.69) is 46.8 Å². The molecular formula is C29H41FN4O2. The first kappa shape index (κ1) is 29.3. The van der Waals surface area contributed by atoms with Crippen molar-refractivity contribution in [2.24, 2.45) is 4.99 Å². The van der Waals surface area contributed by atoms with Gasteiger partial charge in [0.2, 0.25) is 5.91 Å². The van der Waals surface area contributed by atoms with Gasteiger partial charge in [0, 0.05) is 31.2 Å². The van der Waals surface area contributed by atoms with Gasteiger partial charge in [-0.05, 0) is 76.1 Å². The van der Waals surface area contributed by atoms with Crippen LogP contribution >= 0.6 is 0 Å². The molecule has 1 heterocycles. The van der Waals surface area contributed by atoms with E-state index in [-0.39, 0.29) is 23.7 Å². The molecule has 0 bridgehead atoms. The Morgan fingerprint density at radius 1 is 1.28 bits per heavy atom. The van der Waals surface area contributed by atoms with Crippen molar-refractivity contribution in [2.75, 3.05) is 32.0 Å². The molecule has 0 saturated carbocycles. The van der Waals surface area contributed by atoms with Crippen molar-refractivity contribution in [1.29, 1.82) is 0 Å². The first-order valence-electron chi connectivity index (χ1n) is 12.9. The molecule has 2 rings (SSSR count). The first-order valence-corrected chi connectivity index (χ1v) is 12.9. The third kappa shape index (κ3) is 11.7. The SMILES string of the molecule is C#CNOC1(CCC(/C=C\CC(=O)Nc2ccc(F)cc2)=C/CN=CCCCCC)CCN(C)CC1. The summed E-state index contributed by atoms with van der Waals surface area (Å²) in [4.78, 5) is 25.1. The number of rotatable bonds is 15. The molecule has 0 aliphatic carbocycles. The minimum Gasteiger partial charge on any atom is -0.326 e. The monoisotopic (exact) mass is 496 g/mol. The number of carbonyl (C=O) groups excluding carboxylic acids is 1. The van der Waals surface area contributed by atoms with Crippen LogP contribution in [-0.4, -0.2) is 49.3 Å². The molecule has 1 aliphatic heterocycles. The zero-order valence-corrected chi connectivity index (χ0v) is 21.8. The average Bonchev–Trinajstić information content (AvgIpc) is 2.88. The summed E-state index contributed by atoms with van der Waals surface area (Å²) >= 11 is 0. The van der Waals surface area contributed by atoms with Crippen molar-refractivity contribution < 1.29 is 14.0 Å². The van der Waals surface area contributed by atoms with Crippen molar-refractivity contribution in [1.82, 2.24) is 10.4 Å². The summed E-state index contributed by atoms with van der Waals surface area (Å²) in [5, 5.41) is 2.78. The number of halogens is 1. The second-order valence-corrected chi connectivity index (χ2v) is 9.32. The lowest BCUT2D eigenvalue weighted by atomic mass is 9.85. The minimum atomic E-state index is -0.334. The molecule has 1 amide bonds. The van der Waals surface area contributed by atoms with Crippen LogP contribution in [0.25, 0.3) is 0 Å². The molecule has 2 N–H and O–H groups in total. The van der Waals surface area contributed by atoms with Crippen molar-refractivity contribution >= 4 is 17.8 Å². The van der Waals surface area contributed by atoms with Crippen LogP contribution in [0.2, 0.25) is 0 Å². The number of amides is 1. The Hall–Kier alpha value is -2.95. The van der Waals surface area contributed by atoms with Crippen molar-refractivity contribution in [3.8, 4) is 12.5 Å². The van der Waals surface area contributed by atoms with Crippen molar-refractivity contribution in [3.63, 3.8) is 0 Å². The van der Waals surface area contributed by atoms with Gasteiger partial charge in [0.1, 0.15) is 5.82 Å². The quantitative estimate of drug-likeness (QED) is 0.0823. The fraction of sp³-hybridized carbons (Fsp3) is 0.517. The van der Waals surface area contributed by atoms with Gasteiger partial charge in [-0.1, -0.05) is 50.0 Å². The molecule has 0 spiro atoms. The Labute approximate surface area is 216 Å². The number of likely N-dealkylation sites (tertiary alicyclic amines) is 1. The van der Waals surface area contributed by atoms with Crippen LogP contribution < -0.4 is 10.8 Å². The molecule has 36 heavy (non-hydrogen) atoms. The van der Waals surface area contributed by atoms with E-state index < -0.39 is 0 Å². The lowest BCUT2D eigenvalue weighted by Crippen LogP contribution is -2.46. The Bertz CT molecular complexity index is 910. The number of hydrogen-bond donors (Lipinski definition) is 2. The number of unbranched alkanes of at least 4 members (excludes halogenated alkanes) is 3. The number of nitrogens with zero attached hydrogens (tertiary/aromatic N) is 2. The van der Waals surface area contributed by atoms with Gasteiger partial charge in [-0.2, -0.15) is 0 Å². The lowest BCUT2D eigenvalue weighted by Gasteiger charge is -2.39. The van der Waals surface area contributed by atoms with E-state index in [0.29, 0.717) is 12.2 Å². The minimum absolute atomic E-state index is 0.153. The van der Waals surface area contributed by atoms with Gasteiger partial charge < -0.3 is 10.2 Å². The highest BCUT2D eigenvalue weighted by Crippen LogP contribution is 2.31. The zero-order chi connectivity index (χ0) is 26.1. The smallest absolute Gasteiger partial charge is 0.228 e. The van der Waals surface area contributed by atoms with E-state index in [9.17, 15) is 9.18 Å². The van der Waals surface area contributed by atoms with Crippen LogP contribution in [0.15, 0.2) is 53.1 Å². The Morgan fingerprint density at radius 2 is 2.03 bits per heavy atom. The maximum absolute atomic E-state index is 13.1. The van der Waals surface area contributed by atoms with Crippen LogP contribution in [0.5, 0.6) is 0 Å². The molecule has 1 aliphatic rings. The molecule has 0 radical (unpaired) electrons. The molecule has 7 heteroatoms. The van der Waals surface area contributed by atoms with E-state index in [1.54, 1.807) is 12.1 Å². The summed E-state index contributed by atoms with van der Waals surface area (Å²) in [5.74, 6) is -0.487. The second-order valence-electron chi connectivity index (χ2n) is 9.32. The molecule has 196 valence electrons. The topological polar surface area (TPSA) is 66.0 Å². The van der Waals surface area contributed by atoms with Crippen LogP contribution in [0.1, 0.15) is 64.7 Å². The average molecular weight is 497 g/mol. The highest BCUT2D eigenvalue weighted by Gasteiger charge is 2.35. The number of anilines is 1. The molecule has 1 saturated heterocycles. The van der Waals surface area contributed by atoms with E-state index in [1.807, 2.05) is 18.4 Å². The number of hydroxylamine groups is 1. The Balaban J connectivity index is 1.99. The molecule has 1 fully saturated rings. The predicted octanol–water partition coefficient (Wildman–Crippen LogP) is 5.64. The molecular weight excluding hydrogens is 455 g/mol. The van der Waals surface area contributed by atoms with Gasteiger partial charge >= 0.3 is 0 Å². The molecule has 0 unspecified atom stereocenters. The summed E-state index contributed by atoms with van der Waals surface area (Å²) < 4.78 is 13.1. The fourth-order valence-electron chi connectivity index (χ4n) is 4.08. The van der Waals surface area contributed by atoms with Crippen molar-refractivity contribution in [2.45, 2.75) is 70.3 Å². The molecule has 1 aromatic rings. The standard InChI is InChI=1S/C29H41FN4O2/c1-4-6-7-8-21-31-22-17-25(10-9-11-28(35)33-27-14-12-26(30)13-15-27)16-18-29(36-32-5-2)19-23-34(3)24-20-29/h2,9-10,12-15,17,21,32H,4,6-8,11,16,18-20,22-24H2,1,3H3,(H,33,35)/b10-9-,25-17+,31-21?. The van der Waals surface area contributed by atoms with Crippen LogP contribution in [-0.2, 0) is 9.63 Å². The van der Waals surface area contributed by atoms with Gasteiger partial charge in [-0.25, -0.2) is 9.87 Å². The van der Waals surface area contributed by atoms with Gasteiger partial charge in [0.15, 0.2) is 0 Å². The zero-order valence-electron chi connectivity index (χ0n) is 21.8. The molecule has 1 aromatic carbocycles. The summed E-state index contributed by atoms with van der Waals surface area (Å²) in [6.07, 6.45) is 21.5. The summed E-state index contributed by atoms with van der Waals surface area (Å²) in [6, 6.07) is 8.12. The number of benzene rings is 1. The van der Waals surface area contributed by atoms with E-state index in [4.69, 9.17) is 11.3 Å². The van der Waals surface area contributed by atoms with Crippen LogP contribution in [0.3, 0.4) is 0 Å². The molecule has 6 nitrogen and oxygen atoms in total. The Morgan fingerprint density at radius 3 is 2.72 bits per heavy atom. The largest absolute Gasteiger partial charge is 0.326 e. The number of carbonyl (C=O) groups is 1. The number of terminal acetylenes is 1. The maximum atomic E-state index is 13.1. The fourth-order valence-corrected chi connectivity index (χ4v) is 4.08. The highest BCUT2D eigenvalue weighted by molar-refractivity contribution is 5.91. The third-order valence-electron chi connectivity index (χ3n) is 6.38. The van der Waals surface area contributed by atoms with E-state index in [0.717, 1.165) is 57.2 Å². The third-order valence-corrected chi connectivity index (χ3v) is 6.38. The Kier molecular flexibility index (Phi) is 13.6. The van der Waals surface area contributed by atoms with Gasteiger partial charge in [0.25, 0.3) is 0 Å². The number of nitrogens with one attached hydrogen (secondary N) is 2. The molecule has 0 aromatic heterocycles. The summed E-state index contributed by atoms with van der Waals surface area (Å²) in [5.41, 5.74) is 3.99. The maximum Gasteiger partial charge on any atom is 0.228 e. The normalized spacial score (nSPS) is 16.3. The summed E-state index contributed by atoms with van der Waals surface area (Å²) in [6.45, 7) is 4.70. The van der Waals surface area contributed by atoms with Gasteiger partial charge in [-0.3, -0.25) is 14.6 Å². The van der Waals surface area contributed by atoms with E-state index in [1.165, 1.54) is 25.0 Å². The predicted molar refractivity (Wildman–Crippen MR) is 146 cm³/mol. The van der Waals surface area contributed by atoms with Gasteiger partial charge in [0.05, 0.1) is 12.1 Å². The van der Waals surface area contributed by atoms with Crippen LogP contribution in [0, 0.1) is 18.3 Å². The highest BCUT2D eigenvalue weighted by atomic mass is 19.1. The molecule has 0 atom stereocenters.